The largest absolute Gasteiger partial charge is 0.0919 e. The number of allylic oxidation sites excluding steroid dienone is 6. The third-order valence-electron chi connectivity index (χ3n) is 3.48. The Kier molecular flexibility index (Phi) is 12.4. The second kappa shape index (κ2) is 13.4. The first-order chi connectivity index (χ1) is 10.2. The number of aryl methyl sites for hydroxylation is 1. The van der Waals surface area contributed by atoms with Gasteiger partial charge in [-0.15, -0.1) is 0 Å². The third-order valence-corrected chi connectivity index (χ3v) is 3.48. The molecule has 1 aromatic carbocycles. The van der Waals surface area contributed by atoms with Crippen LogP contribution in [0.3, 0.4) is 0 Å². The van der Waals surface area contributed by atoms with Crippen molar-refractivity contribution >= 4 is 0 Å². The second-order valence-electron chi connectivity index (χ2n) is 5.20. The van der Waals surface area contributed by atoms with Crippen LogP contribution >= 0.6 is 0 Å². The maximum Gasteiger partial charge on any atom is -0.0280 e. The minimum absolute atomic E-state index is 1.14. The summed E-state index contributed by atoms with van der Waals surface area (Å²) in [7, 11) is 0. The van der Waals surface area contributed by atoms with E-state index in [9.17, 15) is 0 Å². The van der Waals surface area contributed by atoms with Gasteiger partial charge in [-0.3, -0.25) is 0 Å². The zero-order chi connectivity index (χ0) is 15.9. The summed E-state index contributed by atoms with van der Waals surface area (Å²) in [6.07, 6.45) is 13.4. The van der Waals surface area contributed by atoms with Gasteiger partial charge in [0, 0.05) is 0 Å². The molecule has 0 saturated heterocycles. The van der Waals surface area contributed by atoms with Crippen LogP contribution in [0.5, 0.6) is 0 Å². The highest BCUT2D eigenvalue weighted by atomic mass is 14.0. The summed E-state index contributed by atoms with van der Waals surface area (Å²) >= 11 is 0. The molecule has 21 heavy (non-hydrogen) atoms. The van der Waals surface area contributed by atoms with E-state index >= 15 is 0 Å². The minimum Gasteiger partial charge on any atom is -0.0919 e. The Labute approximate surface area is 132 Å². The van der Waals surface area contributed by atoms with Gasteiger partial charge >= 0.3 is 0 Å². The van der Waals surface area contributed by atoms with E-state index < -0.39 is 0 Å². The van der Waals surface area contributed by atoms with Gasteiger partial charge in [0.15, 0.2) is 0 Å². The van der Waals surface area contributed by atoms with Gasteiger partial charge < -0.3 is 0 Å². The van der Waals surface area contributed by atoms with E-state index in [4.69, 9.17) is 0 Å². The molecule has 1 aliphatic carbocycles. The molecular weight excluding hydrogens is 252 g/mol. The fourth-order valence-corrected chi connectivity index (χ4v) is 1.79. The lowest BCUT2D eigenvalue weighted by atomic mass is 9.98. The summed E-state index contributed by atoms with van der Waals surface area (Å²) in [5, 5.41) is 0. The standard InChI is InChI=1S/C9H14.C8H10.C4H8/c1-3-9-6-4-8(2)5-7-9;1-2-8-6-4-3-5-7-8;1-3-4-2/h4,6H,3,5,7H2,1-2H3;3-7H,2H2,1H3;3-4H,1-2H3. The van der Waals surface area contributed by atoms with Gasteiger partial charge in [-0.1, -0.05) is 79.6 Å². The first-order valence-electron chi connectivity index (χ1n) is 8.14. The highest BCUT2D eigenvalue weighted by Gasteiger charge is 1.99. The van der Waals surface area contributed by atoms with Crippen molar-refractivity contribution in [3.8, 4) is 0 Å². The number of hydrogen-bond donors (Lipinski definition) is 0. The van der Waals surface area contributed by atoms with Crippen LogP contribution in [0.4, 0.5) is 0 Å². The molecule has 0 bridgehead atoms. The number of rotatable bonds is 2. The van der Waals surface area contributed by atoms with Crippen molar-refractivity contribution in [2.24, 2.45) is 0 Å². The third kappa shape index (κ3) is 10.8. The molecule has 116 valence electrons. The maximum absolute atomic E-state index is 2.26. The van der Waals surface area contributed by atoms with Crippen LogP contribution in [0.1, 0.15) is 59.4 Å². The number of hydrogen-bond acceptors (Lipinski definition) is 0. The Morgan fingerprint density at radius 1 is 0.857 bits per heavy atom. The molecule has 0 saturated carbocycles. The van der Waals surface area contributed by atoms with E-state index in [1.54, 1.807) is 5.57 Å². The highest BCUT2D eigenvalue weighted by Crippen LogP contribution is 2.19. The van der Waals surface area contributed by atoms with Crippen molar-refractivity contribution in [2.75, 3.05) is 0 Å². The van der Waals surface area contributed by atoms with Crippen molar-refractivity contribution in [3.05, 3.63) is 71.3 Å². The molecule has 0 nitrogen and oxygen atoms in total. The van der Waals surface area contributed by atoms with Gasteiger partial charge in [0.2, 0.25) is 0 Å². The highest BCUT2D eigenvalue weighted by molar-refractivity contribution is 5.22. The minimum atomic E-state index is 1.14. The Hall–Kier alpha value is -1.56. The molecule has 0 fully saturated rings. The van der Waals surface area contributed by atoms with E-state index in [0.717, 1.165) is 6.42 Å². The smallest absolute Gasteiger partial charge is 0.0280 e. The molecule has 0 atom stereocenters. The Balaban J connectivity index is 0.000000308. The predicted molar refractivity (Wildman–Crippen MR) is 97.7 cm³/mol. The van der Waals surface area contributed by atoms with Crippen LogP contribution in [-0.4, -0.2) is 0 Å². The average Bonchev–Trinajstić information content (AvgIpc) is 2.57. The molecule has 0 unspecified atom stereocenters. The fraction of sp³-hybridized carbons (Fsp3) is 0.429. The monoisotopic (exact) mass is 284 g/mol. The van der Waals surface area contributed by atoms with Gasteiger partial charge in [-0.25, -0.2) is 0 Å². The Morgan fingerprint density at radius 2 is 1.48 bits per heavy atom. The lowest BCUT2D eigenvalue weighted by Gasteiger charge is -2.08. The van der Waals surface area contributed by atoms with Crippen LogP contribution in [-0.2, 0) is 6.42 Å². The lowest BCUT2D eigenvalue weighted by molar-refractivity contribution is 0.857. The number of benzene rings is 1. The van der Waals surface area contributed by atoms with Gasteiger partial charge in [0.25, 0.3) is 0 Å². The Bertz CT molecular complexity index is 428. The summed E-state index contributed by atoms with van der Waals surface area (Å²) in [5.74, 6) is 0. The topological polar surface area (TPSA) is 0 Å². The van der Waals surface area contributed by atoms with E-state index in [2.05, 4.69) is 57.2 Å². The molecule has 0 radical (unpaired) electrons. The molecule has 1 aromatic rings. The van der Waals surface area contributed by atoms with Gasteiger partial charge in [0.05, 0.1) is 0 Å². The van der Waals surface area contributed by atoms with Crippen molar-refractivity contribution < 1.29 is 0 Å². The van der Waals surface area contributed by atoms with E-state index in [-0.39, 0.29) is 0 Å². The van der Waals surface area contributed by atoms with Crippen molar-refractivity contribution in [1.82, 2.24) is 0 Å². The summed E-state index contributed by atoms with van der Waals surface area (Å²) in [6.45, 7) is 10.6. The molecule has 0 amide bonds. The molecule has 0 heteroatoms. The van der Waals surface area contributed by atoms with E-state index in [0.29, 0.717) is 0 Å². The van der Waals surface area contributed by atoms with Crippen LogP contribution in [0.15, 0.2) is 65.8 Å². The van der Waals surface area contributed by atoms with Crippen molar-refractivity contribution in [1.29, 1.82) is 0 Å². The molecule has 2 rings (SSSR count). The first kappa shape index (κ1) is 19.4. The molecule has 0 aromatic heterocycles. The molecule has 0 N–H and O–H groups in total. The SMILES string of the molecule is CC=CC.CCC1=CC=C(C)CC1.CCc1ccccc1. The van der Waals surface area contributed by atoms with Crippen molar-refractivity contribution in [2.45, 2.75) is 60.3 Å². The van der Waals surface area contributed by atoms with Crippen LogP contribution in [0.25, 0.3) is 0 Å². The maximum atomic E-state index is 2.26. The molecule has 0 spiro atoms. The van der Waals surface area contributed by atoms with Crippen LogP contribution in [0, 0.1) is 0 Å². The molecular formula is C21H32. The van der Waals surface area contributed by atoms with Gasteiger partial charge in [-0.05, 0) is 52.0 Å². The van der Waals surface area contributed by atoms with E-state index in [1.807, 2.05) is 32.1 Å². The zero-order valence-electron chi connectivity index (χ0n) is 14.5. The molecule has 0 heterocycles. The second-order valence-corrected chi connectivity index (χ2v) is 5.20. The van der Waals surface area contributed by atoms with Crippen molar-refractivity contribution in [3.63, 3.8) is 0 Å². The quantitative estimate of drug-likeness (QED) is 0.518. The summed E-state index contributed by atoms with van der Waals surface area (Å²) in [4.78, 5) is 0. The fourth-order valence-electron chi connectivity index (χ4n) is 1.79. The van der Waals surface area contributed by atoms with Crippen LogP contribution in [0.2, 0.25) is 0 Å². The van der Waals surface area contributed by atoms with Gasteiger partial charge in [0.1, 0.15) is 0 Å². The lowest BCUT2D eigenvalue weighted by Crippen LogP contribution is -1.88. The Morgan fingerprint density at radius 3 is 1.81 bits per heavy atom. The zero-order valence-corrected chi connectivity index (χ0v) is 14.5. The average molecular weight is 284 g/mol. The molecule has 1 aliphatic rings. The predicted octanol–water partition coefficient (Wildman–Crippen LogP) is 6.89. The van der Waals surface area contributed by atoms with Crippen LogP contribution < -0.4 is 0 Å². The summed E-state index contributed by atoms with van der Waals surface area (Å²) < 4.78 is 0. The summed E-state index contributed by atoms with van der Waals surface area (Å²) in [6, 6.07) is 10.5. The van der Waals surface area contributed by atoms with E-state index in [1.165, 1.54) is 30.4 Å². The normalized spacial score (nSPS) is 13.4. The molecule has 0 aliphatic heterocycles. The summed E-state index contributed by atoms with van der Waals surface area (Å²) in [5.41, 5.74) is 4.53. The van der Waals surface area contributed by atoms with Gasteiger partial charge in [-0.2, -0.15) is 0 Å². The first-order valence-corrected chi connectivity index (χ1v) is 8.14.